The van der Waals surface area contributed by atoms with Gasteiger partial charge in [-0.15, -0.1) is 0 Å². The van der Waals surface area contributed by atoms with Crippen molar-refractivity contribution in [1.29, 1.82) is 0 Å². The molecular weight excluding hydrogens is 154 g/mol. The fourth-order valence-corrected chi connectivity index (χ4v) is 2.75. The van der Waals surface area contributed by atoms with Crippen molar-refractivity contribution in [3.63, 3.8) is 0 Å². The average Bonchev–Trinajstić information content (AvgIpc) is 2.03. The summed E-state index contributed by atoms with van der Waals surface area (Å²) >= 11 is 0. The predicted molar refractivity (Wildman–Crippen MR) is 52.7 cm³/mol. The first-order valence-corrected chi connectivity index (χ1v) is 6.64. The lowest BCUT2D eigenvalue weighted by Crippen LogP contribution is -2.68. The second kappa shape index (κ2) is 4.87. The van der Waals surface area contributed by atoms with E-state index >= 15 is 0 Å². The molecule has 0 spiro atoms. The van der Waals surface area contributed by atoms with Crippen molar-refractivity contribution in [3.05, 3.63) is 0 Å². The summed E-state index contributed by atoms with van der Waals surface area (Å²) in [4.78, 5) is 6.73. The molecule has 0 aliphatic carbocycles. The van der Waals surface area contributed by atoms with Crippen molar-refractivity contribution in [2.24, 2.45) is 0 Å². The third-order valence-corrected chi connectivity index (χ3v) is 5.99. The molecule has 0 saturated heterocycles. The summed E-state index contributed by atoms with van der Waals surface area (Å²) in [5, 5.41) is 0. The molecule has 3 nitrogen and oxygen atoms in total. The van der Waals surface area contributed by atoms with Crippen LogP contribution in [0.3, 0.4) is 0 Å². The maximum Gasteiger partial charge on any atom is 0.280 e. The summed E-state index contributed by atoms with van der Waals surface area (Å²) in [6.07, 6.45) is 1.21. The second-order valence-electron chi connectivity index (χ2n) is 2.99. The van der Waals surface area contributed by atoms with Gasteiger partial charge in [0.15, 0.2) is 0 Å². The second-order valence-corrected chi connectivity index (χ2v) is 6.90. The molecule has 0 fully saturated rings. The van der Waals surface area contributed by atoms with E-state index in [1.165, 1.54) is 6.42 Å². The van der Waals surface area contributed by atoms with Crippen LogP contribution in [0.15, 0.2) is 0 Å². The van der Waals surface area contributed by atoms with Crippen LogP contribution in [0.5, 0.6) is 0 Å². The Morgan fingerprint density at radius 3 is 2.00 bits per heavy atom. The van der Waals surface area contributed by atoms with Crippen LogP contribution in [0, 0.1) is 0 Å². The molecule has 0 aliphatic heterocycles. The van der Waals surface area contributed by atoms with Gasteiger partial charge in [0, 0.05) is 0 Å². The Hall–Kier alpha value is 0.0969. The van der Waals surface area contributed by atoms with Crippen LogP contribution in [-0.2, 0) is 0 Å². The minimum atomic E-state index is -1.49. The van der Waals surface area contributed by atoms with E-state index in [-0.39, 0.29) is 0 Å². The van der Waals surface area contributed by atoms with Crippen LogP contribution in [0.2, 0.25) is 6.55 Å². The van der Waals surface area contributed by atoms with Crippen molar-refractivity contribution >= 4 is 8.56 Å². The Bertz CT molecular complexity index is 104. The highest BCUT2D eigenvalue weighted by molar-refractivity contribution is 6.70. The molecule has 0 amide bonds. The lowest BCUT2D eigenvalue weighted by atomic mass is 10.5. The van der Waals surface area contributed by atoms with Gasteiger partial charge in [0.05, 0.1) is 0 Å². The first-order valence-electron chi connectivity index (χ1n) is 4.19. The minimum absolute atomic E-state index is 1.16. The van der Waals surface area contributed by atoms with Crippen LogP contribution >= 0.6 is 0 Å². The van der Waals surface area contributed by atoms with E-state index in [4.69, 9.17) is 0 Å². The average molecular weight is 175 g/mol. The Labute approximate surface area is 71.4 Å². The van der Waals surface area contributed by atoms with Crippen LogP contribution in [0.4, 0.5) is 0 Å². The number of hydrogen-bond acceptors (Lipinski definition) is 3. The maximum absolute atomic E-state index is 3.37. The topological polar surface area (TPSA) is 27.3 Å². The summed E-state index contributed by atoms with van der Waals surface area (Å²) in [5.41, 5.74) is 0. The van der Waals surface area contributed by atoms with Gasteiger partial charge < -0.3 is 14.5 Å². The monoisotopic (exact) mass is 175 g/mol. The van der Waals surface area contributed by atoms with Crippen LogP contribution in [0.1, 0.15) is 13.3 Å². The van der Waals surface area contributed by atoms with Crippen molar-refractivity contribution in [2.75, 3.05) is 27.7 Å². The molecule has 2 N–H and O–H groups in total. The Morgan fingerprint density at radius 2 is 1.73 bits per heavy atom. The van der Waals surface area contributed by atoms with E-state index in [0.29, 0.717) is 0 Å². The molecule has 0 saturated carbocycles. The molecule has 0 aromatic carbocycles. The molecule has 0 unspecified atom stereocenters. The Kier molecular flexibility index (Phi) is 4.91. The van der Waals surface area contributed by atoms with Gasteiger partial charge in [0.2, 0.25) is 0 Å². The van der Waals surface area contributed by atoms with Crippen LogP contribution in [-0.4, -0.2) is 40.8 Å². The molecule has 0 atom stereocenters. The largest absolute Gasteiger partial charge is 0.316 e. The van der Waals surface area contributed by atoms with Gasteiger partial charge in [-0.25, -0.2) is 0 Å². The Morgan fingerprint density at radius 1 is 1.27 bits per heavy atom. The number of rotatable bonds is 5. The molecule has 0 bridgehead atoms. The van der Waals surface area contributed by atoms with Gasteiger partial charge in [-0.2, -0.15) is 0 Å². The quantitative estimate of drug-likeness (QED) is 0.590. The Balaban J connectivity index is 4.00. The third kappa shape index (κ3) is 2.90. The van der Waals surface area contributed by atoms with Gasteiger partial charge in [0.25, 0.3) is 8.56 Å². The number of hydrogen-bond donors (Lipinski definition) is 2. The van der Waals surface area contributed by atoms with E-state index in [9.17, 15) is 0 Å². The zero-order valence-electron chi connectivity index (χ0n) is 8.36. The fourth-order valence-electron chi connectivity index (χ4n) is 1.07. The van der Waals surface area contributed by atoms with E-state index in [2.05, 4.69) is 35.0 Å². The SMILES string of the molecule is CCCN(C)[Si](C)(NC)NC. The minimum Gasteiger partial charge on any atom is -0.316 e. The van der Waals surface area contributed by atoms with Gasteiger partial charge in [0.1, 0.15) is 0 Å². The summed E-state index contributed by atoms with van der Waals surface area (Å²) in [6.45, 7) is 5.63. The zero-order valence-corrected chi connectivity index (χ0v) is 9.36. The van der Waals surface area contributed by atoms with Gasteiger partial charge in [-0.05, 0) is 40.7 Å². The molecular formula is C7H21N3Si. The van der Waals surface area contributed by atoms with Gasteiger partial charge in [-0.1, -0.05) is 6.92 Å². The zero-order chi connectivity index (χ0) is 8.91. The fraction of sp³-hybridized carbons (Fsp3) is 1.00. The summed E-state index contributed by atoms with van der Waals surface area (Å²) < 4.78 is 2.40. The normalized spacial score (nSPS) is 12.5. The van der Waals surface area contributed by atoms with E-state index in [1.54, 1.807) is 0 Å². The lowest BCUT2D eigenvalue weighted by Gasteiger charge is -2.34. The molecule has 0 radical (unpaired) electrons. The predicted octanol–water partition coefficient (Wildman–Crippen LogP) is 0.336. The smallest absolute Gasteiger partial charge is 0.280 e. The van der Waals surface area contributed by atoms with Crippen molar-refractivity contribution in [2.45, 2.75) is 19.9 Å². The molecule has 4 heteroatoms. The molecule has 0 aromatic rings. The van der Waals surface area contributed by atoms with Crippen LogP contribution in [0.25, 0.3) is 0 Å². The molecule has 0 rings (SSSR count). The summed E-state index contributed by atoms with van der Waals surface area (Å²) in [7, 11) is 4.73. The van der Waals surface area contributed by atoms with Crippen molar-refractivity contribution in [3.8, 4) is 0 Å². The maximum atomic E-state index is 3.37. The van der Waals surface area contributed by atoms with E-state index in [0.717, 1.165) is 6.54 Å². The van der Waals surface area contributed by atoms with E-state index in [1.807, 2.05) is 14.1 Å². The first-order chi connectivity index (χ1) is 5.10. The molecule has 0 aromatic heterocycles. The summed E-state index contributed by atoms with van der Waals surface area (Å²) in [6, 6.07) is 0. The molecule has 11 heavy (non-hydrogen) atoms. The van der Waals surface area contributed by atoms with E-state index < -0.39 is 8.56 Å². The van der Waals surface area contributed by atoms with Crippen molar-refractivity contribution < 1.29 is 0 Å². The number of nitrogens with one attached hydrogen (secondary N) is 2. The molecule has 68 valence electrons. The summed E-state index contributed by atoms with van der Waals surface area (Å²) in [5.74, 6) is 0. The van der Waals surface area contributed by atoms with Gasteiger partial charge >= 0.3 is 0 Å². The highest BCUT2D eigenvalue weighted by atomic mass is 28.4. The van der Waals surface area contributed by atoms with Crippen LogP contribution < -0.4 is 9.96 Å². The highest BCUT2D eigenvalue weighted by Crippen LogP contribution is 1.98. The molecule has 0 heterocycles. The first kappa shape index (κ1) is 11.1. The lowest BCUT2D eigenvalue weighted by molar-refractivity contribution is 0.477. The van der Waals surface area contributed by atoms with Gasteiger partial charge in [-0.3, -0.25) is 0 Å². The van der Waals surface area contributed by atoms with Crippen molar-refractivity contribution in [1.82, 2.24) is 14.5 Å². The number of nitrogens with zero attached hydrogens (tertiary/aromatic N) is 1. The highest BCUT2D eigenvalue weighted by Gasteiger charge is 2.28. The third-order valence-electron chi connectivity index (χ3n) is 2.30. The standard InChI is InChI=1S/C7H21N3Si/c1-6-7-10(4)11(5,8-2)9-3/h8-9H,6-7H2,1-5H3. The molecule has 0 aliphatic rings.